The van der Waals surface area contributed by atoms with E-state index in [4.69, 9.17) is 10.3 Å². The summed E-state index contributed by atoms with van der Waals surface area (Å²) in [4.78, 5) is 0. The predicted octanol–water partition coefficient (Wildman–Crippen LogP) is 2.86. The molecule has 2 N–H and O–H groups in total. The van der Waals surface area contributed by atoms with Crippen molar-refractivity contribution >= 4 is 5.88 Å². The third-order valence-electron chi connectivity index (χ3n) is 3.40. The van der Waals surface area contributed by atoms with Crippen LogP contribution in [0.5, 0.6) is 0 Å². The zero-order valence-electron chi connectivity index (χ0n) is 8.92. The lowest BCUT2D eigenvalue weighted by Crippen LogP contribution is -2.11. The minimum atomic E-state index is 0.485. The lowest BCUT2D eigenvalue weighted by molar-refractivity contribution is 0.331. The van der Waals surface area contributed by atoms with Crippen molar-refractivity contribution in [2.75, 3.05) is 5.73 Å². The fourth-order valence-corrected chi connectivity index (χ4v) is 2.28. The highest BCUT2D eigenvalue weighted by atomic mass is 16.5. The summed E-state index contributed by atoms with van der Waals surface area (Å²) in [5.41, 5.74) is 7.78. The van der Waals surface area contributed by atoms with Crippen LogP contribution in [-0.4, -0.2) is 5.16 Å². The Bertz CT molecular complexity index is 311. The van der Waals surface area contributed by atoms with Crippen LogP contribution in [0.25, 0.3) is 0 Å². The van der Waals surface area contributed by atoms with Gasteiger partial charge in [-0.1, -0.05) is 24.9 Å². The van der Waals surface area contributed by atoms with Gasteiger partial charge in [0, 0.05) is 11.5 Å². The van der Waals surface area contributed by atoms with E-state index >= 15 is 0 Å². The molecule has 0 spiro atoms. The number of hydrogen-bond donors (Lipinski definition) is 1. The number of nitrogen functional groups attached to an aromatic ring is 1. The van der Waals surface area contributed by atoms with E-state index in [2.05, 4.69) is 12.1 Å². The molecule has 0 radical (unpaired) electrons. The molecule has 1 aliphatic carbocycles. The lowest BCUT2D eigenvalue weighted by atomic mass is 9.80. The van der Waals surface area contributed by atoms with Gasteiger partial charge >= 0.3 is 0 Å². The largest absolute Gasteiger partial charge is 0.367 e. The Morgan fingerprint density at radius 2 is 1.93 bits per heavy atom. The van der Waals surface area contributed by atoms with Gasteiger partial charge in [-0.25, -0.2) is 0 Å². The summed E-state index contributed by atoms with van der Waals surface area (Å²) < 4.78 is 5.00. The molecule has 0 saturated heterocycles. The molecule has 1 fully saturated rings. The Hall–Kier alpha value is -0.990. The first-order valence-electron chi connectivity index (χ1n) is 5.40. The van der Waals surface area contributed by atoms with Crippen molar-refractivity contribution in [3.8, 4) is 0 Å². The molecule has 0 atom stereocenters. The van der Waals surface area contributed by atoms with Crippen molar-refractivity contribution in [3.63, 3.8) is 0 Å². The van der Waals surface area contributed by atoms with Gasteiger partial charge in [0.2, 0.25) is 5.88 Å². The monoisotopic (exact) mass is 194 g/mol. The van der Waals surface area contributed by atoms with E-state index in [1.165, 1.54) is 25.7 Å². The molecule has 0 unspecified atom stereocenters. The van der Waals surface area contributed by atoms with Crippen LogP contribution in [-0.2, 0) is 0 Å². The summed E-state index contributed by atoms with van der Waals surface area (Å²) >= 11 is 0. The SMILES string of the molecule is Cc1c(C2CCC(C)CC2)noc1N. The van der Waals surface area contributed by atoms with Gasteiger partial charge in [0.15, 0.2) is 0 Å². The third kappa shape index (κ3) is 1.63. The maximum atomic E-state index is 5.65. The maximum absolute atomic E-state index is 5.65. The minimum absolute atomic E-state index is 0.485. The molecule has 0 aliphatic heterocycles. The van der Waals surface area contributed by atoms with Crippen molar-refractivity contribution in [3.05, 3.63) is 11.3 Å². The van der Waals surface area contributed by atoms with Crippen LogP contribution in [0.3, 0.4) is 0 Å². The Morgan fingerprint density at radius 1 is 1.29 bits per heavy atom. The van der Waals surface area contributed by atoms with Gasteiger partial charge in [-0.15, -0.1) is 0 Å². The summed E-state index contributed by atoms with van der Waals surface area (Å²) in [6.45, 7) is 4.32. The van der Waals surface area contributed by atoms with Crippen LogP contribution in [0.2, 0.25) is 0 Å². The van der Waals surface area contributed by atoms with Gasteiger partial charge in [0.25, 0.3) is 0 Å². The van der Waals surface area contributed by atoms with E-state index in [-0.39, 0.29) is 0 Å². The van der Waals surface area contributed by atoms with E-state index in [1.807, 2.05) is 6.92 Å². The summed E-state index contributed by atoms with van der Waals surface area (Å²) in [5.74, 6) is 1.93. The van der Waals surface area contributed by atoms with Gasteiger partial charge in [-0.3, -0.25) is 0 Å². The molecule has 3 nitrogen and oxygen atoms in total. The number of rotatable bonds is 1. The molecular formula is C11H18N2O. The van der Waals surface area contributed by atoms with Gasteiger partial charge in [0.05, 0.1) is 5.69 Å². The van der Waals surface area contributed by atoms with Gasteiger partial charge in [0.1, 0.15) is 0 Å². The second-order valence-corrected chi connectivity index (χ2v) is 4.51. The summed E-state index contributed by atoms with van der Waals surface area (Å²) in [6, 6.07) is 0. The zero-order chi connectivity index (χ0) is 10.1. The van der Waals surface area contributed by atoms with Crippen molar-refractivity contribution in [2.45, 2.75) is 45.4 Å². The molecule has 2 rings (SSSR count). The highest BCUT2D eigenvalue weighted by Crippen LogP contribution is 2.37. The van der Waals surface area contributed by atoms with Crippen molar-refractivity contribution < 1.29 is 4.52 Å². The highest BCUT2D eigenvalue weighted by molar-refractivity contribution is 5.39. The van der Waals surface area contributed by atoms with Gasteiger partial charge < -0.3 is 10.3 Å². The Balaban J connectivity index is 2.12. The standard InChI is InChI=1S/C11H18N2O/c1-7-3-5-9(6-4-7)10-8(2)11(12)14-13-10/h7,9H,3-6,12H2,1-2H3. The lowest BCUT2D eigenvalue weighted by Gasteiger charge is -2.24. The third-order valence-corrected chi connectivity index (χ3v) is 3.40. The van der Waals surface area contributed by atoms with E-state index in [1.54, 1.807) is 0 Å². The van der Waals surface area contributed by atoms with E-state index in [0.717, 1.165) is 17.2 Å². The molecule has 0 bridgehead atoms. The van der Waals surface area contributed by atoms with Crippen LogP contribution in [0, 0.1) is 12.8 Å². The molecule has 78 valence electrons. The molecule has 3 heteroatoms. The number of nitrogens with zero attached hydrogens (tertiary/aromatic N) is 1. The predicted molar refractivity (Wildman–Crippen MR) is 56.0 cm³/mol. The summed E-state index contributed by atoms with van der Waals surface area (Å²) in [6.07, 6.45) is 5.07. The second-order valence-electron chi connectivity index (χ2n) is 4.51. The normalized spacial score (nSPS) is 27.9. The van der Waals surface area contributed by atoms with Gasteiger partial charge in [-0.2, -0.15) is 0 Å². The topological polar surface area (TPSA) is 52.0 Å². The molecule has 1 aliphatic rings. The molecule has 0 aromatic carbocycles. The van der Waals surface area contributed by atoms with E-state index in [9.17, 15) is 0 Å². The van der Waals surface area contributed by atoms with Crippen molar-refractivity contribution in [1.82, 2.24) is 5.16 Å². The Kier molecular flexibility index (Phi) is 2.48. The number of aromatic nitrogens is 1. The second kappa shape index (κ2) is 3.64. The molecular weight excluding hydrogens is 176 g/mol. The number of hydrogen-bond acceptors (Lipinski definition) is 3. The van der Waals surface area contributed by atoms with Crippen LogP contribution in [0.1, 0.15) is 49.8 Å². The zero-order valence-corrected chi connectivity index (χ0v) is 8.92. The highest BCUT2D eigenvalue weighted by Gasteiger charge is 2.24. The Labute approximate surface area is 84.7 Å². The quantitative estimate of drug-likeness (QED) is 0.747. The molecule has 1 heterocycles. The molecule has 1 saturated carbocycles. The summed E-state index contributed by atoms with van der Waals surface area (Å²) in [7, 11) is 0. The fourth-order valence-electron chi connectivity index (χ4n) is 2.28. The first kappa shape index (κ1) is 9.56. The fraction of sp³-hybridized carbons (Fsp3) is 0.727. The Morgan fingerprint density at radius 3 is 2.43 bits per heavy atom. The maximum Gasteiger partial charge on any atom is 0.225 e. The van der Waals surface area contributed by atoms with E-state index < -0.39 is 0 Å². The minimum Gasteiger partial charge on any atom is -0.367 e. The van der Waals surface area contributed by atoms with Crippen LogP contribution in [0.4, 0.5) is 5.88 Å². The van der Waals surface area contributed by atoms with Crippen molar-refractivity contribution in [1.29, 1.82) is 0 Å². The molecule has 1 aromatic heterocycles. The first-order valence-corrected chi connectivity index (χ1v) is 5.40. The van der Waals surface area contributed by atoms with Crippen molar-refractivity contribution in [2.24, 2.45) is 5.92 Å². The van der Waals surface area contributed by atoms with Crippen LogP contribution in [0.15, 0.2) is 4.52 Å². The average Bonchev–Trinajstić information content (AvgIpc) is 2.50. The number of nitrogens with two attached hydrogens (primary N) is 1. The molecule has 1 aromatic rings. The van der Waals surface area contributed by atoms with Crippen LogP contribution >= 0.6 is 0 Å². The molecule has 14 heavy (non-hydrogen) atoms. The molecule has 0 amide bonds. The van der Waals surface area contributed by atoms with Crippen LogP contribution < -0.4 is 5.73 Å². The smallest absolute Gasteiger partial charge is 0.225 e. The average molecular weight is 194 g/mol. The first-order chi connectivity index (χ1) is 6.68. The number of anilines is 1. The summed E-state index contributed by atoms with van der Waals surface area (Å²) in [5, 5.41) is 4.06. The van der Waals surface area contributed by atoms with Gasteiger partial charge in [-0.05, 0) is 25.7 Å². The van der Waals surface area contributed by atoms with E-state index in [0.29, 0.717) is 11.8 Å².